The van der Waals surface area contributed by atoms with Crippen LogP contribution in [-0.2, 0) is 19.1 Å². The van der Waals surface area contributed by atoms with E-state index in [4.69, 9.17) is 9.47 Å². The number of hydrogen-bond acceptors (Lipinski definition) is 9. The first-order valence-electron chi connectivity index (χ1n) is 6.44. The molecule has 0 saturated carbocycles. The lowest BCUT2D eigenvalue weighted by Crippen LogP contribution is -2.45. The van der Waals surface area contributed by atoms with E-state index in [1.807, 2.05) is 0 Å². The van der Waals surface area contributed by atoms with Crippen LogP contribution in [0.25, 0.3) is 0 Å². The third-order valence-corrected chi connectivity index (χ3v) is 4.42. The summed E-state index contributed by atoms with van der Waals surface area (Å²) in [5.74, 6) is -0.378. The van der Waals surface area contributed by atoms with E-state index in [0.29, 0.717) is 29.2 Å². The fraction of sp³-hybridized carbons (Fsp3) is 0.636. The van der Waals surface area contributed by atoms with Crippen LogP contribution in [0.4, 0.5) is 5.13 Å². The molecule has 2 heterocycles. The largest absolute Gasteiger partial charge is 0.465 e. The van der Waals surface area contributed by atoms with E-state index in [0.717, 1.165) is 6.54 Å². The third kappa shape index (κ3) is 6.05. The first-order valence-corrected chi connectivity index (χ1v) is 8.24. The van der Waals surface area contributed by atoms with Crippen LogP contribution in [0.2, 0.25) is 0 Å². The Hall–Kier alpha value is -0.940. The molecule has 1 amide bonds. The summed E-state index contributed by atoms with van der Waals surface area (Å²) in [6, 6.07) is 0. The van der Waals surface area contributed by atoms with Gasteiger partial charge in [-0.3, -0.25) is 14.9 Å². The summed E-state index contributed by atoms with van der Waals surface area (Å²) in [5.41, 5.74) is 0. The van der Waals surface area contributed by atoms with Crippen LogP contribution in [0.5, 0.6) is 0 Å². The molecule has 1 aromatic heterocycles. The molecule has 0 spiro atoms. The Morgan fingerprint density at radius 1 is 1.55 bits per heavy atom. The van der Waals surface area contributed by atoms with Gasteiger partial charge in [0.2, 0.25) is 5.13 Å². The molecule has 0 radical (unpaired) electrons. The molecule has 2 N–H and O–H groups in total. The van der Waals surface area contributed by atoms with E-state index in [1.54, 1.807) is 6.92 Å². The zero-order valence-electron chi connectivity index (χ0n) is 11.9. The van der Waals surface area contributed by atoms with E-state index in [-0.39, 0.29) is 30.0 Å². The maximum Gasteiger partial charge on any atom is 0.316 e. The van der Waals surface area contributed by atoms with Crippen molar-refractivity contribution in [2.75, 3.05) is 37.4 Å². The number of nitrogens with one attached hydrogen (secondary N) is 2. The number of carbonyl (C=O) groups excluding carboxylic acids is 2. The predicted octanol–water partition coefficient (Wildman–Crippen LogP) is 0.542. The van der Waals surface area contributed by atoms with Crippen molar-refractivity contribution in [2.45, 2.75) is 17.4 Å². The molecule has 11 heteroatoms. The van der Waals surface area contributed by atoms with Crippen LogP contribution >= 0.6 is 35.5 Å². The molecule has 0 aliphatic carbocycles. The van der Waals surface area contributed by atoms with Crippen molar-refractivity contribution >= 4 is 52.5 Å². The summed E-state index contributed by atoms with van der Waals surface area (Å²) in [6.45, 7) is 3.84. The number of aromatic nitrogens is 2. The Labute approximate surface area is 142 Å². The van der Waals surface area contributed by atoms with E-state index in [2.05, 4.69) is 20.8 Å². The van der Waals surface area contributed by atoms with Crippen molar-refractivity contribution in [1.29, 1.82) is 0 Å². The molecule has 1 aliphatic heterocycles. The van der Waals surface area contributed by atoms with Gasteiger partial charge in [0.05, 0.1) is 19.0 Å². The lowest BCUT2D eigenvalue weighted by Gasteiger charge is -2.21. The molecule has 22 heavy (non-hydrogen) atoms. The molecule has 124 valence electrons. The summed E-state index contributed by atoms with van der Waals surface area (Å²) in [7, 11) is 0. The van der Waals surface area contributed by atoms with Gasteiger partial charge >= 0.3 is 5.97 Å². The number of rotatable bonds is 6. The molecule has 1 aliphatic rings. The summed E-state index contributed by atoms with van der Waals surface area (Å²) in [6.07, 6.45) is -0.515. The predicted molar refractivity (Wildman–Crippen MR) is 85.8 cm³/mol. The number of morpholine rings is 1. The third-order valence-electron chi connectivity index (χ3n) is 2.48. The average molecular weight is 369 g/mol. The lowest BCUT2D eigenvalue weighted by molar-refractivity contribution is -0.139. The average Bonchev–Trinajstić information content (AvgIpc) is 2.94. The lowest BCUT2D eigenvalue weighted by atomic mass is 10.3. The molecular formula is C11H17ClN4O4S2. The van der Waals surface area contributed by atoms with Gasteiger partial charge in [-0.25, -0.2) is 0 Å². The first-order chi connectivity index (χ1) is 10.2. The van der Waals surface area contributed by atoms with Crippen molar-refractivity contribution < 1.29 is 19.1 Å². The van der Waals surface area contributed by atoms with Crippen LogP contribution in [0, 0.1) is 0 Å². The number of nitrogens with zero attached hydrogens (tertiary/aromatic N) is 2. The van der Waals surface area contributed by atoms with Crippen LogP contribution in [0.1, 0.15) is 6.92 Å². The minimum absolute atomic E-state index is 0. The Morgan fingerprint density at radius 2 is 2.36 bits per heavy atom. The van der Waals surface area contributed by atoms with Crippen molar-refractivity contribution in [3.8, 4) is 0 Å². The molecule has 8 nitrogen and oxygen atoms in total. The molecule has 1 fully saturated rings. The van der Waals surface area contributed by atoms with E-state index >= 15 is 0 Å². The first kappa shape index (κ1) is 19.1. The van der Waals surface area contributed by atoms with Crippen molar-refractivity contribution in [2.24, 2.45) is 0 Å². The standard InChI is InChI=1S/C11H16N4O4S2.ClH/c1-2-18-8(16)6-20-11-15-14-10(21-11)13-9(17)7-5-12-3-4-19-7;/h7,12H,2-6H2,1H3,(H,13,14,17);1H. The quantitative estimate of drug-likeness (QED) is 0.426. The zero-order chi connectivity index (χ0) is 15.1. The normalized spacial score (nSPS) is 17.4. The molecule has 1 aromatic rings. The summed E-state index contributed by atoms with van der Waals surface area (Å²) >= 11 is 2.44. The highest BCUT2D eigenvalue weighted by Crippen LogP contribution is 2.25. The Bertz CT molecular complexity index is 496. The maximum absolute atomic E-state index is 11.9. The van der Waals surface area contributed by atoms with Crippen molar-refractivity contribution in [1.82, 2.24) is 15.5 Å². The number of esters is 1. The number of halogens is 1. The van der Waals surface area contributed by atoms with E-state index < -0.39 is 6.10 Å². The second kappa shape index (κ2) is 9.95. The summed E-state index contributed by atoms with van der Waals surface area (Å²) in [5, 5.41) is 13.9. The van der Waals surface area contributed by atoms with Gasteiger partial charge in [0, 0.05) is 13.1 Å². The van der Waals surface area contributed by atoms with Crippen LogP contribution in [-0.4, -0.2) is 60.2 Å². The zero-order valence-corrected chi connectivity index (χ0v) is 14.3. The maximum atomic E-state index is 11.9. The van der Waals surface area contributed by atoms with Crippen LogP contribution in [0.3, 0.4) is 0 Å². The van der Waals surface area contributed by atoms with Gasteiger partial charge in [0.25, 0.3) is 5.91 Å². The second-order valence-corrected chi connectivity index (χ2v) is 6.22. The highest BCUT2D eigenvalue weighted by Gasteiger charge is 2.22. The molecule has 1 saturated heterocycles. The SMILES string of the molecule is CCOC(=O)CSc1nnc(NC(=O)C2CNCCO2)s1.Cl. The van der Waals surface area contributed by atoms with Crippen molar-refractivity contribution in [3.05, 3.63) is 0 Å². The molecule has 1 unspecified atom stereocenters. The number of anilines is 1. The van der Waals surface area contributed by atoms with Gasteiger partial charge in [0.1, 0.15) is 6.10 Å². The number of carbonyl (C=O) groups is 2. The van der Waals surface area contributed by atoms with Gasteiger partial charge in [-0.05, 0) is 6.92 Å². The van der Waals surface area contributed by atoms with Gasteiger partial charge in [-0.2, -0.15) is 0 Å². The number of amides is 1. The fourth-order valence-electron chi connectivity index (χ4n) is 1.56. The summed E-state index contributed by atoms with van der Waals surface area (Å²) < 4.78 is 10.8. The Balaban J connectivity index is 0.00000242. The monoisotopic (exact) mass is 368 g/mol. The molecule has 2 rings (SSSR count). The minimum Gasteiger partial charge on any atom is -0.465 e. The molecular weight excluding hydrogens is 352 g/mol. The van der Waals surface area contributed by atoms with Gasteiger partial charge < -0.3 is 14.8 Å². The van der Waals surface area contributed by atoms with Gasteiger partial charge in [-0.15, -0.1) is 22.6 Å². The van der Waals surface area contributed by atoms with Gasteiger partial charge in [0.15, 0.2) is 4.34 Å². The van der Waals surface area contributed by atoms with Gasteiger partial charge in [-0.1, -0.05) is 23.1 Å². The van der Waals surface area contributed by atoms with Crippen LogP contribution < -0.4 is 10.6 Å². The second-order valence-electron chi connectivity index (χ2n) is 4.02. The summed E-state index contributed by atoms with van der Waals surface area (Å²) in [4.78, 5) is 23.1. The van der Waals surface area contributed by atoms with Crippen LogP contribution in [0.15, 0.2) is 4.34 Å². The number of ether oxygens (including phenoxy) is 2. The minimum atomic E-state index is -0.515. The fourth-order valence-corrected chi connectivity index (χ4v) is 3.11. The Morgan fingerprint density at radius 3 is 3.05 bits per heavy atom. The number of hydrogen-bond donors (Lipinski definition) is 2. The Kier molecular flexibility index (Phi) is 8.64. The molecule has 1 atom stereocenters. The van der Waals surface area contributed by atoms with Crippen molar-refractivity contribution in [3.63, 3.8) is 0 Å². The smallest absolute Gasteiger partial charge is 0.316 e. The highest BCUT2D eigenvalue weighted by molar-refractivity contribution is 8.01. The van der Waals surface area contributed by atoms with E-state index in [1.165, 1.54) is 23.1 Å². The number of thioether (sulfide) groups is 1. The van der Waals surface area contributed by atoms with E-state index in [9.17, 15) is 9.59 Å². The molecule has 0 bridgehead atoms. The molecule has 0 aromatic carbocycles. The topological polar surface area (TPSA) is 102 Å². The highest BCUT2D eigenvalue weighted by atomic mass is 35.5.